The molecule has 2 atom stereocenters. The van der Waals surface area contributed by atoms with Gasteiger partial charge >= 0.3 is 0 Å². The van der Waals surface area contributed by atoms with E-state index in [1.54, 1.807) is 16.8 Å². The predicted octanol–water partition coefficient (Wildman–Crippen LogP) is 2.70. The molecule has 2 heterocycles. The standard InChI is InChI=1S/C12H11NO2S/c14-10-5-12(9-6-16-7-13-9)15-11-4-2-1-3-8(10)11/h1-4,6-7,10,12,14H,5H2. The number of hydrogen-bond acceptors (Lipinski definition) is 4. The van der Waals surface area contributed by atoms with Crippen molar-refractivity contribution < 1.29 is 9.84 Å². The largest absolute Gasteiger partial charge is 0.484 e. The van der Waals surface area contributed by atoms with Crippen LogP contribution in [-0.4, -0.2) is 10.1 Å². The van der Waals surface area contributed by atoms with Gasteiger partial charge in [-0.2, -0.15) is 0 Å². The van der Waals surface area contributed by atoms with Crippen molar-refractivity contribution in [3.63, 3.8) is 0 Å². The highest BCUT2D eigenvalue weighted by Crippen LogP contribution is 2.40. The van der Waals surface area contributed by atoms with Crippen LogP contribution in [0.1, 0.15) is 29.9 Å². The van der Waals surface area contributed by atoms with Crippen molar-refractivity contribution in [1.29, 1.82) is 0 Å². The smallest absolute Gasteiger partial charge is 0.144 e. The quantitative estimate of drug-likeness (QED) is 0.823. The van der Waals surface area contributed by atoms with Gasteiger partial charge in [-0.1, -0.05) is 18.2 Å². The zero-order chi connectivity index (χ0) is 11.0. The highest BCUT2D eigenvalue weighted by atomic mass is 32.1. The van der Waals surface area contributed by atoms with Gasteiger partial charge in [-0.25, -0.2) is 4.98 Å². The lowest BCUT2D eigenvalue weighted by Crippen LogP contribution is -2.19. The minimum absolute atomic E-state index is 0.129. The molecule has 0 fully saturated rings. The fourth-order valence-electron chi connectivity index (χ4n) is 1.96. The Balaban J connectivity index is 1.95. The van der Waals surface area contributed by atoms with Crippen molar-refractivity contribution in [3.05, 3.63) is 46.4 Å². The van der Waals surface area contributed by atoms with E-state index < -0.39 is 6.10 Å². The summed E-state index contributed by atoms with van der Waals surface area (Å²) in [5.74, 6) is 0.763. The second-order valence-corrected chi connectivity index (χ2v) is 4.53. The highest BCUT2D eigenvalue weighted by Gasteiger charge is 2.28. The Morgan fingerprint density at radius 2 is 2.25 bits per heavy atom. The number of rotatable bonds is 1. The Kier molecular flexibility index (Phi) is 2.38. The molecule has 1 aromatic heterocycles. The summed E-state index contributed by atoms with van der Waals surface area (Å²) in [6.07, 6.45) is -0.0198. The molecule has 0 amide bonds. The van der Waals surface area contributed by atoms with Crippen LogP contribution in [0.15, 0.2) is 35.2 Å². The zero-order valence-electron chi connectivity index (χ0n) is 8.54. The molecular formula is C12H11NO2S. The number of benzene rings is 1. The van der Waals surface area contributed by atoms with Crippen LogP contribution in [0.4, 0.5) is 0 Å². The molecule has 1 aliphatic heterocycles. The molecule has 3 rings (SSSR count). The van der Waals surface area contributed by atoms with Crippen molar-refractivity contribution in [2.45, 2.75) is 18.6 Å². The molecule has 4 heteroatoms. The van der Waals surface area contributed by atoms with Gasteiger partial charge in [0.15, 0.2) is 0 Å². The summed E-state index contributed by atoms with van der Waals surface area (Å²) >= 11 is 1.54. The number of aliphatic hydroxyl groups excluding tert-OH is 1. The third kappa shape index (κ3) is 1.60. The number of para-hydroxylation sites is 1. The Morgan fingerprint density at radius 1 is 1.38 bits per heavy atom. The molecule has 1 aliphatic rings. The van der Waals surface area contributed by atoms with Gasteiger partial charge in [0.25, 0.3) is 0 Å². The lowest BCUT2D eigenvalue weighted by Gasteiger charge is -2.28. The maximum absolute atomic E-state index is 10.0. The van der Waals surface area contributed by atoms with Crippen molar-refractivity contribution in [1.82, 2.24) is 4.98 Å². The minimum Gasteiger partial charge on any atom is -0.484 e. The van der Waals surface area contributed by atoms with E-state index >= 15 is 0 Å². The second kappa shape index (κ2) is 3.88. The normalized spacial score (nSPS) is 23.6. The molecule has 0 saturated heterocycles. The van der Waals surface area contributed by atoms with Crippen LogP contribution in [0, 0.1) is 0 Å². The minimum atomic E-state index is -0.461. The molecule has 2 aromatic rings. The zero-order valence-corrected chi connectivity index (χ0v) is 9.35. The SMILES string of the molecule is OC1CC(c2cscn2)Oc2ccccc21. The third-order valence-corrected chi connectivity index (χ3v) is 3.37. The maximum Gasteiger partial charge on any atom is 0.144 e. The average Bonchev–Trinajstić information content (AvgIpc) is 2.82. The van der Waals surface area contributed by atoms with Gasteiger partial charge in [-0.3, -0.25) is 0 Å². The van der Waals surface area contributed by atoms with Gasteiger partial charge in [0.05, 0.1) is 17.3 Å². The van der Waals surface area contributed by atoms with Crippen LogP contribution in [0.3, 0.4) is 0 Å². The number of thiazole rings is 1. The molecule has 0 bridgehead atoms. The molecule has 0 aliphatic carbocycles. The summed E-state index contributed by atoms with van der Waals surface area (Å²) in [6.45, 7) is 0. The summed E-state index contributed by atoms with van der Waals surface area (Å²) in [7, 11) is 0. The van der Waals surface area contributed by atoms with E-state index in [1.165, 1.54) is 0 Å². The Hall–Kier alpha value is -1.39. The monoisotopic (exact) mass is 233 g/mol. The van der Waals surface area contributed by atoms with Gasteiger partial charge in [0.1, 0.15) is 11.9 Å². The lowest BCUT2D eigenvalue weighted by molar-refractivity contribution is 0.0640. The first-order valence-corrected chi connectivity index (χ1v) is 6.10. The van der Waals surface area contributed by atoms with Crippen LogP contribution < -0.4 is 4.74 Å². The fourth-order valence-corrected chi connectivity index (χ4v) is 2.55. The number of nitrogens with zero attached hydrogens (tertiary/aromatic N) is 1. The summed E-state index contributed by atoms with van der Waals surface area (Å²) in [5.41, 5.74) is 3.55. The Labute approximate surface area is 97.3 Å². The molecular weight excluding hydrogens is 222 g/mol. The lowest BCUT2D eigenvalue weighted by atomic mass is 9.98. The summed E-state index contributed by atoms with van der Waals surface area (Å²) in [6, 6.07) is 7.61. The van der Waals surface area contributed by atoms with Crippen LogP contribution in [0.2, 0.25) is 0 Å². The van der Waals surface area contributed by atoms with Crippen LogP contribution >= 0.6 is 11.3 Å². The molecule has 0 saturated carbocycles. The molecule has 82 valence electrons. The number of fused-ring (bicyclic) bond motifs is 1. The first kappa shape index (κ1) is 9.81. The first-order chi connectivity index (χ1) is 7.84. The number of ether oxygens (including phenoxy) is 1. The van der Waals surface area contributed by atoms with E-state index in [4.69, 9.17) is 4.74 Å². The Morgan fingerprint density at radius 3 is 3.06 bits per heavy atom. The van der Waals surface area contributed by atoms with E-state index in [0.29, 0.717) is 6.42 Å². The number of hydrogen-bond donors (Lipinski definition) is 1. The fraction of sp³-hybridized carbons (Fsp3) is 0.250. The highest BCUT2D eigenvalue weighted by molar-refractivity contribution is 7.07. The molecule has 2 unspecified atom stereocenters. The van der Waals surface area contributed by atoms with Crippen LogP contribution in [0.25, 0.3) is 0 Å². The van der Waals surface area contributed by atoms with Gasteiger partial charge in [0, 0.05) is 17.4 Å². The van der Waals surface area contributed by atoms with Gasteiger partial charge in [0.2, 0.25) is 0 Å². The average molecular weight is 233 g/mol. The summed E-state index contributed by atoms with van der Waals surface area (Å²) in [4.78, 5) is 4.23. The number of aromatic nitrogens is 1. The van der Waals surface area contributed by atoms with Crippen molar-refractivity contribution in [2.75, 3.05) is 0 Å². The first-order valence-electron chi connectivity index (χ1n) is 5.16. The van der Waals surface area contributed by atoms with E-state index in [0.717, 1.165) is 17.0 Å². The molecule has 0 radical (unpaired) electrons. The van der Waals surface area contributed by atoms with Crippen molar-refractivity contribution in [3.8, 4) is 5.75 Å². The van der Waals surface area contributed by atoms with E-state index in [9.17, 15) is 5.11 Å². The summed E-state index contributed by atoms with van der Waals surface area (Å²) < 4.78 is 5.83. The molecule has 16 heavy (non-hydrogen) atoms. The van der Waals surface area contributed by atoms with E-state index in [2.05, 4.69) is 4.98 Å². The predicted molar refractivity (Wildman–Crippen MR) is 61.5 cm³/mol. The summed E-state index contributed by atoms with van der Waals surface area (Å²) in [5, 5.41) is 12.0. The maximum atomic E-state index is 10.0. The topological polar surface area (TPSA) is 42.4 Å². The molecule has 1 aromatic carbocycles. The van der Waals surface area contributed by atoms with E-state index in [-0.39, 0.29) is 6.10 Å². The van der Waals surface area contributed by atoms with Gasteiger partial charge < -0.3 is 9.84 Å². The second-order valence-electron chi connectivity index (χ2n) is 3.81. The molecule has 0 spiro atoms. The van der Waals surface area contributed by atoms with Crippen molar-refractivity contribution >= 4 is 11.3 Å². The Bertz CT molecular complexity index is 484. The van der Waals surface area contributed by atoms with E-state index in [1.807, 2.05) is 29.6 Å². The van der Waals surface area contributed by atoms with Crippen molar-refractivity contribution in [2.24, 2.45) is 0 Å². The van der Waals surface area contributed by atoms with Crippen LogP contribution in [-0.2, 0) is 0 Å². The molecule has 3 nitrogen and oxygen atoms in total. The van der Waals surface area contributed by atoms with Gasteiger partial charge in [-0.05, 0) is 6.07 Å². The number of aliphatic hydroxyl groups is 1. The van der Waals surface area contributed by atoms with Gasteiger partial charge in [-0.15, -0.1) is 11.3 Å². The third-order valence-electron chi connectivity index (χ3n) is 2.77. The van der Waals surface area contributed by atoms with Crippen LogP contribution in [0.5, 0.6) is 5.75 Å². The molecule has 1 N–H and O–H groups in total.